The lowest BCUT2D eigenvalue weighted by Gasteiger charge is -2.24. The first-order valence-electron chi connectivity index (χ1n) is 15.6. The van der Waals surface area contributed by atoms with Crippen molar-refractivity contribution in [3.63, 3.8) is 0 Å². The second-order valence-electron chi connectivity index (χ2n) is 10.7. The Bertz CT molecular complexity index is 1230. The average molecular weight is 594 g/mol. The predicted octanol–water partition coefficient (Wildman–Crippen LogP) is 6.12. The number of hydrogen-bond acceptors (Lipinski definition) is 7. The minimum atomic E-state index is -0.877. The number of rotatable bonds is 10. The summed E-state index contributed by atoms with van der Waals surface area (Å²) in [6.45, 7) is 18.8. The average Bonchev–Trinajstić information content (AvgIpc) is 3.55. The van der Waals surface area contributed by atoms with Crippen molar-refractivity contribution in [1.82, 2.24) is 15.1 Å². The molecule has 236 valence electrons. The van der Waals surface area contributed by atoms with E-state index in [1.807, 2.05) is 37.8 Å². The van der Waals surface area contributed by atoms with Gasteiger partial charge in [0.05, 0.1) is 0 Å². The van der Waals surface area contributed by atoms with E-state index in [0.29, 0.717) is 31.0 Å². The van der Waals surface area contributed by atoms with Gasteiger partial charge in [0.25, 0.3) is 0 Å². The van der Waals surface area contributed by atoms with Crippen LogP contribution in [-0.4, -0.2) is 76.1 Å². The van der Waals surface area contributed by atoms with Crippen LogP contribution in [0.25, 0.3) is 0 Å². The normalized spacial score (nSPS) is 21.7. The van der Waals surface area contributed by atoms with Crippen molar-refractivity contribution in [3.05, 3.63) is 94.5 Å². The van der Waals surface area contributed by atoms with Gasteiger partial charge in [-0.2, -0.15) is 0 Å². The molecule has 0 bridgehead atoms. The van der Waals surface area contributed by atoms with Crippen LogP contribution in [0, 0.1) is 5.41 Å². The maximum absolute atomic E-state index is 14.3. The van der Waals surface area contributed by atoms with Crippen molar-refractivity contribution >= 4 is 5.91 Å². The molecule has 5 rings (SSSR count). The highest BCUT2D eigenvalue weighted by atomic mass is 16.7. The molecule has 2 saturated heterocycles. The zero-order valence-electron chi connectivity index (χ0n) is 27.3. The molecule has 8 heteroatoms. The molecule has 43 heavy (non-hydrogen) atoms. The Balaban J connectivity index is 0.000000657. The number of hydrogen-bond donors (Lipinski definition) is 1. The van der Waals surface area contributed by atoms with Crippen molar-refractivity contribution in [2.45, 2.75) is 53.9 Å². The van der Waals surface area contributed by atoms with Gasteiger partial charge in [0, 0.05) is 62.8 Å². The van der Waals surface area contributed by atoms with Crippen LogP contribution in [0.4, 0.5) is 0 Å². The molecule has 1 atom stereocenters. The van der Waals surface area contributed by atoms with E-state index in [1.165, 1.54) is 0 Å². The van der Waals surface area contributed by atoms with E-state index in [4.69, 9.17) is 18.9 Å². The number of ether oxygens (including phenoxy) is 4. The molecule has 1 spiro atoms. The second-order valence-corrected chi connectivity index (χ2v) is 10.7. The molecule has 1 N–H and O–H groups in total. The third kappa shape index (κ3) is 7.54. The summed E-state index contributed by atoms with van der Waals surface area (Å²) in [7, 11) is 3.81. The summed E-state index contributed by atoms with van der Waals surface area (Å²) >= 11 is 0. The van der Waals surface area contributed by atoms with Gasteiger partial charge in [0.15, 0.2) is 5.76 Å². The summed E-state index contributed by atoms with van der Waals surface area (Å²) in [6, 6.07) is 0. The number of allylic oxidation sites excluding steroid dienone is 9. The summed E-state index contributed by atoms with van der Waals surface area (Å²) < 4.78 is 22.1. The largest absolute Gasteiger partial charge is 0.491 e. The molecule has 8 nitrogen and oxygen atoms in total. The Hall–Kier alpha value is -3.49. The Labute approximate surface area is 258 Å². The number of fused-ring (bicyclic) bond motifs is 4. The minimum absolute atomic E-state index is 0.0342. The molecule has 0 aromatic carbocycles. The van der Waals surface area contributed by atoms with Crippen LogP contribution in [0.2, 0.25) is 0 Å². The van der Waals surface area contributed by atoms with Crippen molar-refractivity contribution in [2.24, 2.45) is 5.41 Å². The maximum Gasteiger partial charge on any atom is 0.246 e. The van der Waals surface area contributed by atoms with Gasteiger partial charge in [0.2, 0.25) is 12.7 Å². The highest BCUT2D eigenvalue weighted by Gasteiger charge is 2.60. The van der Waals surface area contributed by atoms with Crippen LogP contribution in [0.3, 0.4) is 0 Å². The summed E-state index contributed by atoms with van der Waals surface area (Å²) in [4.78, 5) is 18.4. The third-order valence-electron chi connectivity index (χ3n) is 7.81. The number of nitrogens with one attached hydrogen (secondary N) is 1. The highest BCUT2D eigenvalue weighted by molar-refractivity contribution is 5.99. The van der Waals surface area contributed by atoms with Crippen LogP contribution < -0.4 is 5.32 Å². The van der Waals surface area contributed by atoms with Crippen molar-refractivity contribution < 1.29 is 23.7 Å². The molecule has 1 unspecified atom stereocenters. The van der Waals surface area contributed by atoms with Gasteiger partial charge in [-0.1, -0.05) is 70.7 Å². The van der Waals surface area contributed by atoms with E-state index >= 15 is 0 Å². The molecule has 3 heterocycles. The van der Waals surface area contributed by atoms with Gasteiger partial charge in [-0.25, -0.2) is 0 Å². The maximum atomic E-state index is 14.3. The van der Waals surface area contributed by atoms with E-state index in [1.54, 1.807) is 7.11 Å². The lowest BCUT2D eigenvalue weighted by molar-refractivity contribution is -0.133. The molecular formula is C35H51N3O5. The summed E-state index contributed by atoms with van der Waals surface area (Å²) in [5, 5.41) is 3.50. The number of methoxy groups -OCH3 is 1. The molecule has 3 aliphatic heterocycles. The first kappa shape index (κ1) is 34.0. The van der Waals surface area contributed by atoms with Crippen LogP contribution in [0.15, 0.2) is 94.5 Å². The predicted molar refractivity (Wildman–Crippen MR) is 172 cm³/mol. The molecular weight excluding hydrogens is 542 g/mol. The second kappa shape index (κ2) is 16.4. The quantitative estimate of drug-likeness (QED) is 0.306. The SMILES string of the molecule is C=C(CN/C(=C\C)CN(C)CC)CN1C(=O)C2(COC3=CC4=C(CC=C32)OCO4)C2=CC=CCC=C21.CC.CCCOC. The topological polar surface area (TPSA) is 72.5 Å². The van der Waals surface area contributed by atoms with E-state index < -0.39 is 5.41 Å². The number of carbonyl (C=O) groups is 1. The molecule has 0 saturated carbocycles. The van der Waals surface area contributed by atoms with Gasteiger partial charge in [-0.3, -0.25) is 4.79 Å². The zero-order valence-corrected chi connectivity index (χ0v) is 27.3. The van der Waals surface area contributed by atoms with Crippen molar-refractivity contribution in [1.29, 1.82) is 0 Å². The Morgan fingerprint density at radius 2 is 2.00 bits per heavy atom. The van der Waals surface area contributed by atoms with E-state index in [9.17, 15) is 4.79 Å². The first-order valence-corrected chi connectivity index (χ1v) is 15.6. The van der Waals surface area contributed by atoms with Crippen molar-refractivity contribution in [2.75, 3.05) is 60.3 Å². The zero-order chi connectivity index (χ0) is 31.4. The number of carbonyl (C=O) groups excluding carboxylic acids is 1. The summed E-state index contributed by atoms with van der Waals surface area (Å²) in [5.74, 6) is 2.19. The molecule has 0 aromatic rings. The Morgan fingerprint density at radius 1 is 1.21 bits per heavy atom. The number of likely N-dealkylation sites (N-methyl/N-ethyl adjacent to an activating group) is 1. The van der Waals surface area contributed by atoms with Crippen molar-refractivity contribution in [3.8, 4) is 0 Å². The van der Waals surface area contributed by atoms with Crippen LogP contribution in [0.5, 0.6) is 0 Å². The van der Waals surface area contributed by atoms with E-state index in [-0.39, 0.29) is 19.3 Å². The number of amides is 1. The molecule has 0 radical (unpaired) electrons. The van der Waals surface area contributed by atoms with E-state index in [0.717, 1.165) is 66.4 Å². The molecule has 2 aliphatic carbocycles. The third-order valence-corrected chi connectivity index (χ3v) is 7.81. The number of likely N-dealkylation sites (tertiary alicyclic amines) is 1. The van der Waals surface area contributed by atoms with Gasteiger partial charge in [-0.15, -0.1) is 0 Å². The van der Waals surface area contributed by atoms with Crippen LogP contribution >= 0.6 is 0 Å². The standard InChI is InChI=1S/C29H35N3O4.C4H10O.C2H6/c1-5-21(17-31(4)6-2)30-15-20(3)16-32-24-11-9-7-8-10-22(24)29(28(32)33)18-34-26-14-27-25(35-19-36-27)13-12-23(26)29;1-3-4-5-2;1-2/h5,7-8,10-12,14,30H,3,6,9,13,15-19H2,1-2,4H3;3-4H2,1-2H3;1-2H3/b21-5-;;. The highest BCUT2D eigenvalue weighted by Crippen LogP contribution is 2.56. The molecule has 5 aliphatic rings. The van der Waals surface area contributed by atoms with Gasteiger partial charge < -0.3 is 34.1 Å². The van der Waals surface area contributed by atoms with Gasteiger partial charge in [0.1, 0.15) is 23.5 Å². The summed E-state index contributed by atoms with van der Waals surface area (Å²) in [5.41, 5.74) is 4.05. The molecule has 2 fully saturated rings. The Kier molecular flexibility index (Phi) is 13.0. The smallest absolute Gasteiger partial charge is 0.246 e. The van der Waals surface area contributed by atoms with Gasteiger partial charge in [-0.05, 0) is 44.5 Å². The fourth-order valence-electron chi connectivity index (χ4n) is 5.48. The molecule has 0 aromatic heterocycles. The first-order chi connectivity index (χ1) is 20.9. The van der Waals surface area contributed by atoms with Crippen LogP contribution in [-0.2, 0) is 23.7 Å². The fraction of sp³-hybridized carbons (Fsp3) is 0.514. The van der Waals surface area contributed by atoms with Crippen LogP contribution in [0.1, 0.15) is 53.9 Å². The Morgan fingerprint density at radius 3 is 2.67 bits per heavy atom. The fourth-order valence-corrected chi connectivity index (χ4v) is 5.48. The monoisotopic (exact) mass is 593 g/mol. The molecule has 1 amide bonds. The lowest BCUT2D eigenvalue weighted by Crippen LogP contribution is -2.38. The number of nitrogens with zero attached hydrogens (tertiary/aromatic N) is 2. The lowest BCUT2D eigenvalue weighted by atomic mass is 9.75. The van der Waals surface area contributed by atoms with E-state index in [2.05, 4.69) is 68.1 Å². The minimum Gasteiger partial charge on any atom is -0.491 e. The summed E-state index contributed by atoms with van der Waals surface area (Å²) in [6.07, 6.45) is 16.9. The van der Waals surface area contributed by atoms with Gasteiger partial charge >= 0.3 is 0 Å².